The molecule has 0 saturated heterocycles. The first kappa shape index (κ1) is 11.4. The van der Waals surface area contributed by atoms with Crippen LogP contribution in [0.3, 0.4) is 0 Å². The van der Waals surface area contributed by atoms with Crippen LogP contribution in [-0.4, -0.2) is 6.54 Å². The van der Waals surface area contributed by atoms with E-state index in [0.29, 0.717) is 11.8 Å². The quantitative estimate of drug-likeness (QED) is 0.769. The van der Waals surface area contributed by atoms with Crippen LogP contribution >= 0.6 is 0 Å². The summed E-state index contributed by atoms with van der Waals surface area (Å²) in [5.74, 6) is 1.24. The van der Waals surface area contributed by atoms with E-state index in [9.17, 15) is 0 Å². The SMILES string of the molecule is CC/C=C/C1Cc2ccccc2C(CN)C1. The zero-order chi connectivity index (χ0) is 11.4. The van der Waals surface area contributed by atoms with Gasteiger partial charge in [0.05, 0.1) is 0 Å². The summed E-state index contributed by atoms with van der Waals surface area (Å²) in [5, 5.41) is 0. The topological polar surface area (TPSA) is 26.0 Å². The number of fused-ring (bicyclic) bond motifs is 1. The molecule has 0 amide bonds. The Bertz CT molecular complexity index is 367. The number of nitrogens with two attached hydrogens (primary N) is 1. The predicted molar refractivity (Wildman–Crippen MR) is 69.5 cm³/mol. The van der Waals surface area contributed by atoms with Crippen molar-refractivity contribution in [3.05, 3.63) is 47.5 Å². The molecule has 2 atom stereocenters. The van der Waals surface area contributed by atoms with Gasteiger partial charge in [-0.25, -0.2) is 0 Å². The monoisotopic (exact) mass is 215 g/mol. The van der Waals surface area contributed by atoms with Crippen LogP contribution in [0.2, 0.25) is 0 Å². The zero-order valence-electron chi connectivity index (χ0n) is 10.0. The van der Waals surface area contributed by atoms with E-state index in [2.05, 4.69) is 43.3 Å². The fraction of sp³-hybridized carbons (Fsp3) is 0.467. The Balaban J connectivity index is 2.21. The molecule has 0 radical (unpaired) electrons. The van der Waals surface area contributed by atoms with Gasteiger partial charge in [-0.15, -0.1) is 0 Å². The summed E-state index contributed by atoms with van der Waals surface area (Å²) in [7, 11) is 0. The summed E-state index contributed by atoms with van der Waals surface area (Å²) in [4.78, 5) is 0. The molecule has 0 aromatic heterocycles. The number of rotatable bonds is 3. The van der Waals surface area contributed by atoms with Gasteiger partial charge in [-0.2, -0.15) is 0 Å². The molecule has 0 spiro atoms. The molecule has 2 unspecified atom stereocenters. The van der Waals surface area contributed by atoms with Crippen LogP contribution in [0.25, 0.3) is 0 Å². The van der Waals surface area contributed by atoms with Crippen molar-refractivity contribution in [1.29, 1.82) is 0 Å². The average molecular weight is 215 g/mol. The van der Waals surface area contributed by atoms with Crippen LogP contribution in [-0.2, 0) is 6.42 Å². The fourth-order valence-corrected chi connectivity index (χ4v) is 2.67. The molecule has 0 fully saturated rings. The predicted octanol–water partition coefficient (Wildman–Crippen LogP) is 3.26. The fourth-order valence-electron chi connectivity index (χ4n) is 2.67. The summed E-state index contributed by atoms with van der Waals surface area (Å²) < 4.78 is 0. The van der Waals surface area contributed by atoms with Gasteiger partial charge in [0.15, 0.2) is 0 Å². The Morgan fingerprint density at radius 1 is 1.38 bits per heavy atom. The molecule has 1 aliphatic carbocycles. The lowest BCUT2D eigenvalue weighted by molar-refractivity contribution is 0.473. The van der Waals surface area contributed by atoms with Gasteiger partial charge in [-0.05, 0) is 48.8 Å². The van der Waals surface area contributed by atoms with Gasteiger partial charge in [0.25, 0.3) is 0 Å². The van der Waals surface area contributed by atoms with Gasteiger partial charge in [0.1, 0.15) is 0 Å². The van der Waals surface area contributed by atoms with E-state index < -0.39 is 0 Å². The molecule has 2 rings (SSSR count). The minimum Gasteiger partial charge on any atom is -0.330 e. The molecule has 0 aliphatic heterocycles. The second-order valence-corrected chi connectivity index (χ2v) is 4.67. The third-order valence-corrected chi connectivity index (χ3v) is 3.49. The van der Waals surface area contributed by atoms with Crippen LogP contribution in [0.1, 0.15) is 36.8 Å². The third-order valence-electron chi connectivity index (χ3n) is 3.49. The molecular weight excluding hydrogens is 194 g/mol. The van der Waals surface area contributed by atoms with Gasteiger partial charge < -0.3 is 5.73 Å². The molecule has 0 heterocycles. The van der Waals surface area contributed by atoms with E-state index in [1.807, 2.05) is 0 Å². The Kier molecular flexibility index (Phi) is 3.79. The lowest BCUT2D eigenvalue weighted by atomic mass is 9.77. The molecule has 1 heteroatoms. The summed E-state index contributed by atoms with van der Waals surface area (Å²) >= 11 is 0. The average Bonchev–Trinajstić information content (AvgIpc) is 2.35. The summed E-state index contributed by atoms with van der Waals surface area (Å²) in [6, 6.07) is 8.76. The molecule has 0 saturated carbocycles. The smallest absolute Gasteiger partial charge is 0.000792 e. The van der Waals surface area contributed by atoms with Gasteiger partial charge in [-0.3, -0.25) is 0 Å². The van der Waals surface area contributed by atoms with E-state index in [-0.39, 0.29) is 0 Å². The highest BCUT2D eigenvalue weighted by Crippen LogP contribution is 2.34. The second-order valence-electron chi connectivity index (χ2n) is 4.67. The van der Waals surface area contributed by atoms with E-state index in [4.69, 9.17) is 5.73 Å². The zero-order valence-corrected chi connectivity index (χ0v) is 10.0. The highest BCUT2D eigenvalue weighted by molar-refractivity contribution is 5.34. The molecule has 0 bridgehead atoms. The molecule has 1 aromatic rings. The van der Waals surface area contributed by atoms with Crippen LogP contribution in [0, 0.1) is 5.92 Å². The van der Waals surface area contributed by atoms with Gasteiger partial charge in [-0.1, -0.05) is 43.3 Å². The standard InChI is InChI=1S/C15H21N/c1-2-3-6-12-9-13-7-4-5-8-15(13)14(10-12)11-16/h3-8,12,14H,2,9-11,16H2,1H3/b6-3+. The summed E-state index contributed by atoms with van der Waals surface area (Å²) in [5.41, 5.74) is 8.86. The normalized spacial score (nSPS) is 24.6. The summed E-state index contributed by atoms with van der Waals surface area (Å²) in [6.45, 7) is 2.96. The maximum atomic E-state index is 5.88. The first-order valence-corrected chi connectivity index (χ1v) is 6.29. The van der Waals surface area contributed by atoms with Crippen molar-refractivity contribution in [1.82, 2.24) is 0 Å². The molecule has 1 aromatic carbocycles. The van der Waals surface area contributed by atoms with Gasteiger partial charge in [0, 0.05) is 0 Å². The maximum absolute atomic E-state index is 5.88. The highest BCUT2D eigenvalue weighted by atomic mass is 14.6. The minimum absolute atomic E-state index is 0.552. The minimum atomic E-state index is 0.552. The Morgan fingerprint density at radius 2 is 2.19 bits per heavy atom. The third kappa shape index (κ3) is 2.35. The maximum Gasteiger partial charge on any atom is -0.000792 e. The number of benzene rings is 1. The molecule has 16 heavy (non-hydrogen) atoms. The molecule has 2 N–H and O–H groups in total. The number of hydrogen-bond donors (Lipinski definition) is 1. The van der Waals surface area contributed by atoms with Gasteiger partial charge >= 0.3 is 0 Å². The molecule has 86 valence electrons. The first-order valence-electron chi connectivity index (χ1n) is 6.29. The number of hydrogen-bond acceptors (Lipinski definition) is 1. The van der Waals surface area contributed by atoms with E-state index in [1.54, 1.807) is 0 Å². The van der Waals surface area contributed by atoms with Crippen LogP contribution in [0.4, 0.5) is 0 Å². The van der Waals surface area contributed by atoms with Crippen LogP contribution in [0.5, 0.6) is 0 Å². The van der Waals surface area contributed by atoms with E-state index >= 15 is 0 Å². The Labute approximate surface area is 98.4 Å². The molecular formula is C15H21N. The Hall–Kier alpha value is -1.08. The van der Waals surface area contributed by atoms with Crippen molar-refractivity contribution in [2.45, 2.75) is 32.1 Å². The van der Waals surface area contributed by atoms with Crippen molar-refractivity contribution in [3.63, 3.8) is 0 Å². The van der Waals surface area contributed by atoms with Crippen molar-refractivity contribution >= 4 is 0 Å². The summed E-state index contributed by atoms with van der Waals surface area (Å²) in [6.07, 6.45) is 8.18. The first-order chi connectivity index (χ1) is 7.85. The second kappa shape index (κ2) is 5.31. The van der Waals surface area contributed by atoms with E-state index in [0.717, 1.165) is 13.0 Å². The molecule has 1 aliphatic rings. The highest BCUT2D eigenvalue weighted by Gasteiger charge is 2.23. The molecule has 1 nitrogen and oxygen atoms in total. The van der Waals surface area contributed by atoms with Gasteiger partial charge in [0.2, 0.25) is 0 Å². The lowest BCUT2D eigenvalue weighted by Crippen LogP contribution is -2.23. The van der Waals surface area contributed by atoms with Crippen molar-refractivity contribution in [2.24, 2.45) is 11.7 Å². The van der Waals surface area contributed by atoms with Crippen molar-refractivity contribution in [2.75, 3.05) is 6.54 Å². The largest absolute Gasteiger partial charge is 0.330 e. The van der Waals surface area contributed by atoms with Crippen LogP contribution in [0.15, 0.2) is 36.4 Å². The lowest BCUT2D eigenvalue weighted by Gasteiger charge is -2.29. The number of allylic oxidation sites excluding steroid dienone is 2. The van der Waals surface area contributed by atoms with Crippen LogP contribution < -0.4 is 5.73 Å². The Morgan fingerprint density at radius 3 is 2.94 bits per heavy atom. The van der Waals surface area contributed by atoms with E-state index in [1.165, 1.54) is 24.0 Å². The van der Waals surface area contributed by atoms with Crippen molar-refractivity contribution in [3.8, 4) is 0 Å². The van der Waals surface area contributed by atoms with Crippen molar-refractivity contribution < 1.29 is 0 Å².